The number of carbonyl (C=O) groups excluding carboxylic acids is 1. The number of nitrogens with zero attached hydrogens (tertiary/aromatic N) is 3. The van der Waals surface area contributed by atoms with Gasteiger partial charge in [0.15, 0.2) is 0 Å². The molecule has 1 saturated heterocycles. The van der Waals surface area contributed by atoms with E-state index in [9.17, 15) is 4.79 Å². The number of hydrogen-bond donors (Lipinski definition) is 3. The van der Waals surface area contributed by atoms with E-state index in [4.69, 9.17) is 4.98 Å². The van der Waals surface area contributed by atoms with Gasteiger partial charge in [-0.1, -0.05) is 6.07 Å². The van der Waals surface area contributed by atoms with Crippen LogP contribution in [0, 0.1) is 6.92 Å². The van der Waals surface area contributed by atoms with Crippen LogP contribution in [0.2, 0.25) is 0 Å². The first-order chi connectivity index (χ1) is 14.1. The number of anilines is 1. The van der Waals surface area contributed by atoms with E-state index in [1.165, 1.54) is 5.56 Å². The van der Waals surface area contributed by atoms with Crippen molar-refractivity contribution in [2.75, 3.05) is 25.5 Å². The van der Waals surface area contributed by atoms with Gasteiger partial charge in [-0.05, 0) is 49.9 Å². The Bertz CT molecular complexity index is 1070. The SMILES string of the molecule is Cc1[nH]c2nccc3c2c1CCCN(C)C(=O)[C@@H]1C[C@@H](CN1)Nc1cccc-3n1. The average Bonchev–Trinajstić information content (AvgIpc) is 3.31. The summed E-state index contributed by atoms with van der Waals surface area (Å²) in [7, 11) is 1.91. The van der Waals surface area contributed by atoms with Crippen LogP contribution in [0.4, 0.5) is 5.82 Å². The summed E-state index contributed by atoms with van der Waals surface area (Å²) < 4.78 is 0. The number of likely N-dealkylation sites (N-methyl/N-ethyl adjacent to an activating group) is 1. The standard InChI is InChI=1S/C22H26N6O/c1-13-15-5-4-10-28(2)22(29)18-11-14(12-24-18)26-19-7-3-6-17(27-19)16-8-9-23-21(25-13)20(15)16/h3,6-9,14,18,24H,4-5,10-12H2,1-2H3,(H,23,25)(H,26,27)/t14-,18-/m0/s1. The Kier molecular flexibility index (Phi) is 4.47. The van der Waals surface area contributed by atoms with E-state index >= 15 is 0 Å². The zero-order valence-electron chi connectivity index (χ0n) is 16.8. The quantitative estimate of drug-likeness (QED) is 0.549. The largest absolute Gasteiger partial charge is 0.366 e. The normalized spacial score (nSPS) is 22.3. The highest BCUT2D eigenvalue weighted by Crippen LogP contribution is 2.32. The number of rotatable bonds is 0. The molecule has 3 N–H and O–H groups in total. The van der Waals surface area contributed by atoms with Crippen molar-refractivity contribution >= 4 is 22.8 Å². The highest BCUT2D eigenvalue weighted by molar-refractivity contribution is 5.95. The second-order valence-electron chi connectivity index (χ2n) is 8.12. The Balaban J connectivity index is 1.62. The molecule has 0 unspecified atom stereocenters. The van der Waals surface area contributed by atoms with Crippen molar-refractivity contribution in [3.63, 3.8) is 0 Å². The first-order valence-electron chi connectivity index (χ1n) is 10.3. The number of pyridine rings is 2. The molecule has 0 radical (unpaired) electrons. The van der Waals surface area contributed by atoms with Crippen LogP contribution in [-0.4, -0.2) is 58.0 Å². The third kappa shape index (κ3) is 3.25. The highest BCUT2D eigenvalue weighted by atomic mass is 16.2. The Morgan fingerprint density at radius 1 is 1.24 bits per heavy atom. The minimum Gasteiger partial charge on any atom is -0.366 e. The van der Waals surface area contributed by atoms with Crippen molar-refractivity contribution in [3.8, 4) is 11.3 Å². The number of aryl methyl sites for hydroxylation is 2. The molecule has 2 aliphatic heterocycles. The fourth-order valence-corrected chi connectivity index (χ4v) is 4.61. The van der Waals surface area contributed by atoms with Gasteiger partial charge in [0.05, 0.1) is 11.7 Å². The molecule has 5 heterocycles. The summed E-state index contributed by atoms with van der Waals surface area (Å²) >= 11 is 0. The van der Waals surface area contributed by atoms with E-state index < -0.39 is 0 Å². The summed E-state index contributed by atoms with van der Waals surface area (Å²) in [5.41, 5.74) is 5.33. The molecule has 0 aromatic carbocycles. The number of H-pyrrole nitrogens is 1. The molecule has 2 aliphatic rings. The molecule has 4 bridgehead atoms. The van der Waals surface area contributed by atoms with E-state index in [1.807, 2.05) is 36.3 Å². The van der Waals surface area contributed by atoms with E-state index in [1.54, 1.807) is 0 Å². The Morgan fingerprint density at radius 3 is 3.03 bits per heavy atom. The average molecular weight is 390 g/mol. The third-order valence-electron chi connectivity index (χ3n) is 6.11. The second-order valence-corrected chi connectivity index (χ2v) is 8.12. The number of fused-ring (bicyclic) bond motifs is 5. The van der Waals surface area contributed by atoms with Crippen molar-refractivity contribution < 1.29 is 4.79 Å². The molecule has 0 spiro atoms. The van der Waals surface area contributed by atoms with Crippen LogP contribution in [-0.2, 0) is 11.2 Å². The van der Waals surface area contributed by atoms with Gasteiger partial charge in [-0.2, -0.15) is 0 Å². The molecule has 1 amide bonds. The number of hydrogen-bond acceptors (Lipinski definition) is 5. The molecular formula is C22H26N6O. The monoisotopic (exact) mass is 390 g/mol. The van der Waals surface area contributed by atoms with Crippen LogP contribution in [0.1, 0.15) is 24.1 Å². The van der Waals surface area contributed by atoms with Crippen molar-refractivity contribution in [2.24, 2.45) is 0 Å². The molecule has 2 atom stereocenters. The van der Waals surface area contributed by atoms with E-state index in [0.717, 1.165) is 66.2 Å². The predicted molar refractivity (Wildman–Crippen MR) is 114 cm³/mol. The van der Waals surface area contributed by atoms with Gasteiger partial charge in [0.25, 0.3) is 0 Å². The highest BCUT2D eigenvalue weighted by Gasteiger charge is 2.31. The van der Waals surface area contributed by atoms with Gasteiger partial charge in [-0.15, -0.1) is 0 Å². The predicted octanol–water partition coefficient (Wildman–Crippen LogP) is 2.48. The van der Waals surface area contributed by atoms with Gasteiger partial charge >= 0.3 is 0 Å². The molecule has 7 nitrogen and oxygen atoms in total. The lowest BCUT2D eigenvalue weighted by Crippen LogP contribution is -2.42. The smallest absolute Gasteiger partial charge is 0.239 e. The van der Waals surface area contributed by atoms with Crippen molar-refractivity contribution in [3.05, 3.63) is 41.7 Å². The lowest BCUT2D eigenvalue weighted by Gasteiger charge is -2.21. The molecule has 29 heavy (non-hydrogen) atoms. The molecule has 0 aliphatic carbocycles. The number of aromatic nitrogens is 3. The fraction of sp³-hybridized carbons (Fsp3) is 0.409. The maximum atomic E-state index is 12.8. The van der Waals surface area contributed by atoms with Gasteiger partial charge in [0.2, 0.25) is 5.91 Å². The van der Waals surface area contributed by atoms with Gasteiger partial charge in [0.1, 0.15) is 11.5 Å². The number of aromatic amines is 1. The molecule has 3 aromatic heterocycles. The maximum Gasteiger partial charge on any atom is 0.239 e. The lowest BCUT2D eigenvalue weighted by molar-refractivity contribution is -0.131. The summed E-state index contributed by atoms with van der Waals surface area (Å²) in [6.07, 6.45) is 4.41. The van der Waals surface area contributed by atoms with Crippen molar-refractivity contribution in [2.45, 2.75) is 38.3 Å². The molecule has 7 heteroatoms. The number of nitrogens with one attached hydrogen (secondary N) is 3. The molecule has 0 saturated carbocycles. The summed E-state index contributed by atoms with van der Waals surface area (Å²) in [6, 6.07) is 8.18. The molecular weight excluding hydrogens is 364 g/mol. The van der Waals surface area contributed by atoms with Crippen LogP contribution >= 0.6 is 0 Å². The van der Waals surface area contributed by atoms with Crippen LogP contribution < -0.4 is 10.6 Å². The third-order valence-corrected chi connectivity index (χ3v) is 6.11. The van der Waals surface area contributed by atoms with Crippen molar-refractivity contribution in [1.82, 2.24) is 25.2 Å². The van der Waals surface area contributed by atoms with Crippen LogP contribution in [0.25, 0.3) is 22.3 Å². The summed E-state index contributed by atoms with van der Waals surface area (Å²) in [6.45, 7) is 3.59. The zero-order chi connectivity index (χ0) is 20.0. The number of carbonyl (C=O) groups is 1. The van der Waals surface area contributed by atoms with Crippen LogP contribution in [0.5, 0.6) is 0 Å². The van der Waals surface area contributed by atoms with Gasteiger partial charge < -0.3 is 20.5 Å². The van der Waals surface area contributed by atoms with E-state index in [0.29, 0.717) is 0 Å². The Morgan fingerprint density at radius 2 is 2.14 bits per heavy atom. The minimum absolute atomic E-state index is 0.132. The molecule has 5 rings (SSSR count). The van der Waals surface area contributed by atoms with E-state index in [-0.39, 0.29) is 18.0 Å². The minimum atomic E-state index is -0.132. The summed E-state index contributed by atoms with van der Waals surface area (Å²) in [5.74, 6) is 1.01. The molecule has 150 valence electrons. The van der Waals surface area contributed by atoms with Crippen LogP contribution in [0.3, 0.4) is 0 Å². The van der Waals surface area contributed by atoms with E-state index in [2.05, 4.69) is 33.6 Å². The maximum absolute atomic E-state index is 12.8. The summed E-state index contributed by atoms with van der Waals surface area (Å²) in [5, 5.41) is 8.02. The van der Waals surface area contributed by atoms with Crippen LogP contribution in [0.15, 0.2) is 30.5 Å². The lowest BCUT2D eigenvalue weighted by atomic mass is 10.0. The first-order valence-corrected chi connectivity index (χ1v) is 10.3. The molecule has 1 fully saturated rings. The topological polar surface area (TPSA) is 85.9 Å². The Hall–Kier alpha value is -2.93. The Labute approximate surface area is 169 Å². The fourth-order valence-electron chi connectivity index (χ4n) is 4.61. The second kappa shape index (κ2) is 7.15. The first kappa shape index (κ1) is 18.1. The van der Waals surface area contributed by atoms with Gasteiger partial charge in [0, 0.05) is 49.0 Å². The van der Waals surface area contributed by atoms with Gasteiger partial charge in [-0.25, -0.2) is 9.97 Å². The van der Waals surface area contributed by atoms with Crippen molar-refractivity contribution in [1.29, 1.82) is 0 Å². The number of amides is 1. The van der Waals surface area contributed by atoms with Gasteiger partial charge in [-0.3, -0.25) is 4.79 Å². The summed E-state index contributed by atoms with van der Waals surface area (Å²) in [4.78, 5) is 27.6. The molecule has 3 aromatic rings. The zero-order valence-corrected chi connectivity index (χ0v) is 16.8.